The second kappa shape index (κ2) is 12.7. The number of rotatable bonds is 14. The summed E-state index contributed by atoms with van der Waals surface area (Å²) in [5, 5.41) is 9.85. The summed E-state index contributed by atoms with van der Waals surface area (Å²) in [5.74, 6) is -0.686. The summed E-state index contributed by atoms with van der Waals surface area (Å²) in [6.07, 6.45) is 7.94. The van der Waals surface area contributed by atoms with Crippen molar-refractivity contribution in [3.05, 3.63) is 35.9 Å². The summed E-state index contributed by atoms with van der Waals surface area (Å²) in [4.78, 5) is 12.0. The molecule has 0 spiro atoms. The molecule has 0 saturated carbocycles. The molecule has 0 fully saturated rings. The Morgan fingerprint density at radius 2 is 1.44 bits per heavy atom. The summed E-state index contributed by atoms with van der Waals surface area (Å²) in [6, 6.07) is 9.63. The van der Waals surface area contributed by atoms with Crippen LogP contribution in [0.5, 0.6) is 0 Å². The van der Waals surface area contributed by atoms with Gasteiger partial charge in [-0.15, -0.1) is 0 Å². The predicted molar refractivity (Wildman–Crippen MR) is 110 cm³/mol. The van der Waals surface area contributed by atoms with Crippen molar-refractivity contribution in [2.45, 2.75) is 85.1 Å². The Hall–Kier alpha value is -0.551. The molecule has 142 valence electrons. The fraction of sp³-hybridized carbons (Fsp3) is 0.667. The van der Waals surface area contributed by atoms with E-state index in [-0.39, 0.29) is 0 Å². The van der Waals surface area contributed by atoms with Gasteiger partial charge in [0.1, 0.15) is 0 Å². The zero-order chi connectivity index (χ0) is 18.5. The van der Waals surface area contributed by atoms with Crippen molar-refractivity contribution in [3.8, 4) is 0 Å². The van der Waals surface area contributed by atoms with E-state index in [1.165, 1.54) is 51.8 Å². The van der Waals surface area contributed by atoms with E-state index in [1.807, 2.05) is 30.3 Å². The van der Waals surface area contributed by atoms with Crippen molar-refractivity contribution in [2.75, 3.05) is 0 Å². The van der Waals surface area contributed by atoms with Gasteiger partial charge in [0.25, 0.3) is 0 Å². The quantitative estimate of drug-likeness (QED) is 0.359. The molecule has 0 amide bonds. The normalized spacial score (nSPS) is 12.9. The van der Waals surface area contributed by atoms with E-state index in [0.717, 1.165) is 5.56 Å². The number of benzene rings is 1. The van der Waals surface area contributed by atoms with Crippen molar-refractivity contribution in [1.29, 1.82) is 0 Å². The van der Waals surface area contributed by atoms with E-state index in [4.69, 9.17) is 0 Å². The van der Waals surface area contributed by atoms with Crippen molar-refractivity contribution in [2.24, 2.45) is 0 Å². The number of nitrogens with one attached hydrogen (secondary N) is 1. The van der Waals surface area contributed by atoms with Crippen LogP contribution in [0.3, 0.4) is 0 Å². The Balaban J connectivity index is 2.95. The number of unbranched alkanes of at least 4 members (excludes halogenated alkanes) is 3. The first-order valence-electron chi connectivity index (χ1n) is 10.1. The SMILES string of the molecule is CCC[CH2][Sn]([CH2]CCC)([CH2]CCC)[NH]C(Cc1ccccc1)C(=O)O. The van der Waals surface area contributed by atoms with E-state index < -0.39 is 30.7 Å². The standard InChI is InChI=1S/C9H10NO2.3C4H9.Sn/c10-8(9(11)12)6-7-4-2-1-3-5-7;3*1-3-4-2;/h1-5,8,10H,6H2,(H,11,12);3*1,3-4H2,2H3;/q-1;;;;+1. The van der Waals surface area contributed by atoms with Gasteiger partial charge in [-0.3, -0.25) is 0 Å². The average Bonchev–Trinajstić information content (AvgIpc) is 2.63. The van der Waals surface area contributed by atoms with Gasteiger partial charge in [0.05, 0.1) is 0 Å². The van der Waals surface area contributed by atoms with Gasteiger partial charge in [-0.05, 0) is 0 Å². The summed E-state index contributed by atoms with van der Waals surface area (Å²) in [5.41, 5.74) is 1.11. The molecular formula is C21H37NO2Sn. The fourth-order valence-corrected chi connectivity index (χ4v) is 18.5. The molecule has 0 heterocycles. The molecule has 1 unspecified atom stereocenters. The zero-order valence-electron chi connectivity index (χ0n) is 16.4. The van der Waals surface area contributed by atoms with Gasteiger partial charge in [-0.1, -0.05) is 0 Å². The molecule has 3 nitrogen and oxygen atoms in total. The molecule has 0 radical (unpaired) electrons. The van der Waals surface area contributed by atoms with Gasteiger partial charge in [0.15, 0.2) is 0 Å². The fourth-order valence-electron chi connectivity index (χ4n) is 3.56. The monoisotopic (exact) mass is 455 g/mol. The molecular weight excluding hydrogens is 417 g/mol. The number of aliphatic carboxylic acids is 1. The second-order valence-electron chi connectivity index (χ2n) is 7.32. The van der Waals surface area contributed by atoms with E-state index >= 15 is 0 Å². The third kappa shape index (κ3) is 8.58. The van der Waals surface area contributed by atoms with Crippen LogP contribution in [0.1, 0.15) is 64.9 Å². The summed E-state index contributed by atoms with van der Waals surface area (Å²) >= 11 is -2.65. The third-order valence-electron chi connectivity index (χ3n) is 5.09. The molecule has 2 N–H and O–H groups in total. The number of carboxylic acid groups (broad SMARTS) is 1. The topological polar surface area (TPSA) is 49.3 Å². The Kier molecular flexibility index (Phi) is 11.5. The molecule has 0 aliphatic heterocycles. The van der Waals surface area contributed by atoms with E-state index in [2.05, 4.69) is 24.3 Å². The summed E-state index contributed by atoms with van der Waals surface area (Å²) in [6.45, 7) is 6.73. The third-order valence-corrected chi connectivity index (χ3v) is 19.1. The minimum atomic E-state index is -2.65. The van der Waals surface area contributed by atoms with Crippen LogP contribution >= 0.6 is 0 Å². The van der Waals surface area contributed by atoms with Crippen LogP contribution in [0.4, 0.5) is 0 Å². The van der Waals surface area contributed by atoms with Crippen LogP contribution in [-0.2, 0) is 11.2 Å². The van der Waals surface area contributed by atoms with Crippen LogP contribution in [-0.4, -0.2) is 35.8 Å². The molecule has 0 bridgehead atoms. The van der Waals surface area contributed by atoms with E-state index in [1.54, 1.807) is 0 Å². The van der Waals surface area contributed by atoms with Crippen molar-refractivity contribution >= 4 is 24.6 Å². The van der Waals surface area contributed by atoms with Gasteiger partial charge in [-0.2, -0.15) is 0 Å². The van der Waals surface area contributed by atoms with Crippen LogP contribution in [0.15, 0.2) is 30.3 Å². The van der Waals surface area contributed by atoms with Gasteiger partial charge < -0.3 is 0 Å². The number of carboxylic acids is 1. The van der Waals surface area contributed by atoms with Crippen molar-refractivity contribution < 1.29 is 9.90 Å². The van der Waals surface area contributed by atoms with Crippen LogP contribution in [0.25, 0.3) is 0 Å². The van der Waals surface area contributed by atoms with E-state index in [9.17, 15) is 9.90 Å². The second-order valence-corrected chi connectivity index (χ2v) is 19.7. The molecule has 1 rings (SSSR count). The molecule has 0 aliphatic carbocycles. The van der Waals surface area contributed by atoms with Crippen LogP contribution in [0.2, 0.25) is 13.3 Å². The van der Waals surface area contributed by atoms with Crippen LogP contribution in [0, 0.1) is 0 Å². The van der Waals surface area contributed by atoms with E-state index in [0.29, 0.717) is 6.42 Å². The predicted octanol–water partition coefficient (Wildman–Crippen LogP) is 5.62. The first-order valence-corrected chi connectivity index (χ1v) is 17.6. The zero-order valence-corrected chi connectivity index (χ0v) is 19.2. The van der Waals surface area contributed by atoms with Gasteiger partial charge in [0.2, 0.25) is 0 Å². The van der Waals surface area contributed by atoms with Gasteiger partial charge in [-0.25, -0.2) is 0 Å². The number of hydrogen-bond donors (Lipinski definition) is 2. The van der Waals surface area contributed by atoms with Crippen molar-refractivity contribution in [3.63, 3.8) is 0 Å². The van der Waals surface area contributed by atoms with Crippen LogP contribution < -0.4 is 3.54 Å². The first kappa shape index (κ1) is 22.5. The molecule has 1 aromatic carbocycles. The maximum atomic E-state index is 12.0. The molecule has 0 saturated heterocycles. The molecule has 1 atom stereocenters. The van der Waals surface area contributed by atoms with Gasteiger partial charge in [0, 0.05) is 0 Å². The number of hydrogen-bond acceptors (Lipinski definition) is 2. The average molecular weight is 454 g/mol. The molecule has 0 aliphatic rings. The minimum absolute atomic E-state index is 0.427. The first-order chi connectivity index (χ1) is 12.1. The molecule has 1 aromatic rings. The van der Waals surface area contributed by atoms with Crippen molar-refractivity contribution in [1.82, 2.24) is 3.54 Å². The molecule has 25 heavy (non-hydrogen) atoms. The Morgan fingerprint density at radius 1 is 0.960 bits per heavy atom. The Labute approximate surface area is 158 Å². The molecule has 4 heteroatoms. The maximum absolute atomic E-state index is 12.0. The Bertz CT molecular complexity index is 456. The summed E-state index contributed by atoms with van der Waals surface area (Å²) in [7, 11) is 0. The molecule has 0 aromatic heterocycles. The van der Waals surface area contributed by atoms with Gasteiger partial charge >= 0.3 is 159 Å². The summed E-state index contributed by atoms with van der Waals surface area (Å²) < 4.78 is 7.67. The Morgan fingerprint density at radius 3 is 1.84 bits per heavy atom. The number of carbonyl (C=O) groups is 1.